The molecular formula is C13H15FN2S. The zero-order valence-corrected chi connectivity index (χ0v) is 10.5. The van der Waals surface area contributed by atoms with Crippen LogP contribution < -0.4 is 5.73 Å². The van der Waals surface area contributed by atoms with Gasteiger partial charge in [0.1, 0.15) is 5.82 Å². The molecule has 2 N–H and O–H groups in total. The Kier molecular flexibility index (Phi) is 3.86. The Morgan fingerprint density at radius 1 is 1.47 bits per heavy atom. The predicted octanol–water partition coefficient (Wildman–Crippen LogP) is 2.88. The maximum atomic E-state index is 13.2. The maximum absolute atomic E-state index is 13.2. The Hall–Kier alpha value is -1.26. The standard InChI is InChI=1S/C13H15FN2S/c1-9-16-13(8-17-9)6-11(7-15)10-3-2-4-12(14)5-10/h2-5,8,11H,6-7,15H2,1H3. The number of nitrogens with two attached hydrogens (primary N) is 1. The normalized spacial score (nSPS) is 12.6. The molecule has 1 heterocycles. The molecular weight excluding hydrogens is 235 g/mol. The van der Waals surface area contributed by atoms with Crippen molar-refractivity contribution in [3.05, 3.63) is 51.7 Å². The second-order valence-electron chi connectivity index (χ2n) is 4.05. The van der Waals surface area contributed by atoms with E-state index in [0.29, 0.717) is 6.54 Å². The molecule has 0 bridgehead atoms. The van der Waals surface area contributed by atoms with E-state index < -0.39 is 0 Å². The zero-order chi connectivity index (χ0) is 12.3. The van der Waals surface area contributed by atoms with Crippen LogP contribution in [0.4, 0.5) is 4.39 Å². The summed E-state index contributed by atoms with van der Waals surface area (Å²) in [7, 11) is 0. The van der Waals surface area contributed by atoms with Gasteiger partial charge in [-0.3, -0.25) is 0 Å². The van der Waals surface area contributed by atoms with Crippen molar-refractivity contribution in [2.24, 2.45) is 5.73 Å². The number of aryl methyl sites for hydroxylation is 1. The highest BCUT2D eigenvalue weighted by Gasteiger charge is 2.12. The van der Waals surface area contributed by atoms with Crippen LogP contribution in [0.5, 0.6) is 0 Å². The Morgan fingerprint density at radius 2 is 2.29 bits per heavy atom. The van der Waals surface area contributed by atoms with Crippen LogP contribution in [0.1, 0.15) is 22.2 Å². The van der Waals surface area contributed by atoms with Crippen molar-refractivity contribution in [1.29, 1.82) is 0 Å². The summed E-state index contributed by atoms with van der Waals surface area (Å²) < 4.78 is 13.2. The number of nitrogens with zero attached hydrogens (tertiary/aromatic N) is 1. The van der Waals surface area contributed by atoms with Crippen molar-refractivity contribution in [2.45, 2.75) is 19.3 Å². The van der Waals surface area contributed by atoms with Crippen LogP contribution in [0.3, 0.4) is 0 Å². The van der Waals surface area contributed by atoms with Gasteiger partial charge in [-0.1, -0.05) is 12.1 Å². The van der Waals surface area contributed by atoms with Crippen molar-refractivity contribution in [3.63, 3.8) is 0 Å². The lowest BCUT2D eigenvalue weighted by Crippen LogP contribution is -2.15. The minimum atomic E-state index is -0.213. The van der Waals surface area contributed by atoms with Crippen LogP contribution in [0, 0.1) is 12.7 Å². The molecule has 90 valence electrons. The Bertz CT molecular complexity index is 496. The number of rotatable bonds is 4. The molecule has 2 aromatic rings. The lowest BCUT2D eigenvalue weighted by atomic mass is 9.94. The van der Waals surface area contributed by atoms with Crippen LogP contribution in [-0.4, -0.2) is 11.5 Å². The predicted molar refractivity (Wildman–Crippen MR) is 68.8 cm³/mol. The third-order valence-corrected chi connectivity index (χ3v) is 3.55. The molecule has 1 aromatic carbocycles. The van der Waals surface area contributed by atoms with Crippen LogP contribution >= 0.6 is 11.3 Å². The summed E-state index contributed by atoms with van der Waals surface area (Å²) in [6.45, 7) is 2.48. The number of thiazole rings is 1. The van der Waals surface area contributed by atoms with Crippen molar-refractivity contribution in [1.82, 2.24) is 4.98 Å². The summed E-state index contributed by atoms with van der Waals surface area (Å²) in [5, 5.41) is 3.09. The molecule has 0 spiro atoms. The van der Waals surface area contributed by atoms with Crippen LogP contribution in [-0.2, 0) is 6.42 Å². The van der Waals surface area contributed by atoms with E-state index in [1.165, 1.54) is 6.07 Å². The zero-order valence-electron chi connectivity index (χ0n) is 9.69. The Balaban J connectivity index is 2.16. The lowest BCUT2D eigenvalue weighted by molar-refractivity contribution is 0.615. The number of benzene rings is 1. The first-order valence-electron chi connectivity index (χ1n) is 5.55. The molecule has 0 aliphatic carbocycles. The van der Waals surface area contributed by atoms with Gasteiger partial charge in [0.25, 0.3) is 0 Å². The van der Waals surface area contributed by atoms with E-state index >= 15 is 0 Å². The smallest absolute Gasteiger partial charge is 0.123 e. The van der Waals surface area contributed by atoms with Gasteiger partial charge >= 0.3 is 0 Å². The summed E-state index contributed by atoms with van der Waals surface area (Å²) in [6, 6.07) is 6.64. The molecule has 2 rings (SSSR count). The van der Waals surface area contributed by atoms with E-state index in [-0.39, 0.29) is 11.7 Å². The average molecular weight is 250 g/mol. The second-order valence-corrected chi connectivity index (χ2v) is 5.11. The first-order valence-corrected chi connectivity index (χ1v) is 6.43. The third-order valence-electron chi connectivity index (χ3n) is 2.73. The molecule has 17 heavy (non-hydrogen) atoms. The van der Waals surface area contributed by atoms with E-state index in [2.05, 4.69) is 4.98 Å². The topological polar surface area (TPSA) is 38.9 Å². The molecule has 0 aliphatic rings. The van der Waals surface area contributed by atoms with E-state index in [0.717, 1.165) is 22.7 Å². The molecule has 1 unspecified atom stereocenters. The van der Waals surface area contributed by atoms with Crippen molar-refractivity contribution >= 4 is 11.3 Å². The molecule has 0 saturated carbocycles. The van der Waals surface area contributed by atoms with E-state index in [1.807, 2.05) is 18.4 Å². The van der Waals surface area contributed by atoms with Crippen molar-refractivity contribution in [2.75, 3.05) is 6.54 Å². The molecule has 2 nitrogen and oxygen atoms in total. The average Bonchev–Trinajstić information content (AvgIpc) is 2.72. The Labute approximate surface area is 104 Å². The Morgan fingerprint density at radius 3 is 2.88 bits per heavy atom. The van der Waals surface area contributed by atoms with Gasteiger partial charge in [-0.05, 0) is 37.6 Å². The molecule has 0 radical (unpaired) electrons. The summed E-state index contributed by atoms with van der Waals surface area (Å²) >= 11 is 1.63. The minimum Gasteiger partial charge on any atom is -0.330 e. The second kappa shape index (κ2) is 5.38. The molecule has 0 amide bonds. The lowest BCUT2D eigenvalue weighted by Gasteiger charge is -2.13. The van der Waals surface area contributed by atoms with Gasteiger partial charge in [0.2, 0.25) is 0 Å². The fourth-order valence-electron chi connectivity index (χ4n) is 1.85. The summed E-state index contributed by atoms with van der Waals surface area (Å²) in [5.41, 5.74) is 7.74. The van der Waals surface area contributed by atoms with Gasteiger partial charge in [0.15, 0.2) is 0 Å². The molecule has 0 saturated heterocycles. The van der Waals surface area contributed by atoms with Gasteiger partial charge in [-0.25, -0.2) is 9.37 Å². The van der Waals surface area contributed by atoms with Crippen molar-refractivity contribution < 1.29 is 4.39 Å². The summed E-state index contributed by atoms with van der Waals surface area (Å²) in [6.07, 6.45) is 0.768. The highest BCUT2D eigenvalue weighted by Crippen LogP contribution is 2.21. The van der Waals surface area contributed by atoms with E-state index in [9.17, 15) is 4.39 Å². The third kappa shape index (κ3) is 3.11. The SMILES string of the molecule is Cc1nc(CC(CN)c2cccc(F)c2)cs1. The summed E-state index contributed by atoms with van der Waals surface area (Å²) in [5.74, 6) is -0.0809. The summed E-state index contributed by atoms with van der Waals surface area (Å²) in [4.78, 5) is 4.42. The first-order chi connectivity index (χ1) is 8.19. The molecule has 4 heteroatoms. The van der Waals surface area contributed by atoms with Crippen LogP contribution in [0.2, 0.25) is 0 Å². The van der Waals surface area contributed by atoms with Gasteiger partial charge in [-0.2, -0.15) is 0 Å². The first kappa shape index (κ1) is 12.2. The quantitative estimate of drug-likeness (QED) is 0.906. The number of hydrogen-bond acceptors (Lipinski definition) is 3. The fraction of sp³-hybridized carbons (Fsp3) is 0.308. The van der Waals surface area contributed by atoms with Crippen molar-refractivity contribution in [3.8, 4) is 0 Å². The van der Waals surface area contributed by atoms with Crippen LogP contribution in [0.15, 0.2) is 29.6 Å². The monoisotopic (exact) mass is 250 g/mol. The van der Waals surface area contributed by atoms with E-state index in [1.54, 1.807) is 23.5 Å². The molecule has 0 aliphatic heterocycles. The maximum Gasteiger partial charge on any atom is 0.123 e. The number of halogens is 1. The van der Waals surface area contributed by atoms with E-state index in [4.69, 9.17) is 5.73 Å². The van der Waals surface area contributed by atoms with Gasteiger partial charge in [0, 0.05) is 11.3 Å². The van der Waals surface area contributed by atoms with Gasteiger partial charge in [0.05, 0.1) is 10.7 Å². The van der Waals surface area contributed by atoms with Gasteiger partial charge < -0.3 is 5.73 Å². The fourth-order valence-corrected chi connectivity index (χ4v) is 2.48. The highest BCUT2D eigenvalue weighted by molar-refractivity contribution is 7.09. The van der Waals surface area contributed by atoms with Crippen LogP contribution in [0.25, 0.3) is 0 Å². The molecule has 0 fully saturated rings. The minimum absolute atomic E-state index is 0.132. The number of hydrogen-bond donors (Lipinski definition) is 1. The number of aromatic nitrogens is 1. The highest BCUT2D eigenvalue weighted by atomic mass is 32.1. The largest absolute Gasteiger partial charge is 0.330 e. The molecule has 1 aromatic heterocycles. The molecule has 1 atom stereocenters. The van der Waals surface area contributed by atoms with Gasteiger partial charge in [-0.15, -0.1) is 11.3 Å².